The zero-order valence-electron chi connectivity index (χ0n) is 13.0. The first-order chi connectivity index (χ1) is 11.6. The van der Waals surface area contributed by atoms with Gasteiger partial charge in [-0.2, -0.15) is 0 Å². The summed E-state index contributed by atoms with van der Waals surface area (Å²) in [7, 11) is 0. The molecule has 2 N–H and O–H groups in total. The lowest BCUT2D eigenvalue weighted by atomic mass is 10.2. The molecule has 6 nitrogen and oxygen atoms in total. The molecular formula is C17H17FN2O4. The normalized spacial score (nSPS) is 9.92. The second-order valence-corrected chi connectivity index (χ2v) is 4.68. The van der Waals surface area contributed by atoms with Gasteiger partial charge in [-0.15, -0.1) is 0 Å². The van der Waals surface area contributed by atoms with E-state index in [0.717, 1.165) is 6.07 Å². The Morgan fingerprint density at radius 3 is 2.38 bits per heavy atom. The molecule has 0 aromatic heterocycles. The minimum absolute atomic E-state index is 0.0953. The van der Waals surface area contributed by atoms with Crippen LogP contribution in [0.2, 0.25) is 0 Å². The van der Waals surface area contributed by atoms with Gasteiger partial charge in [0.05, 0.1) is 6.61 Å². The van der Waals surface area contributed by atoms with Crippen LogP contribution in [0.4, 0.5) is 4.39 Å². The lowest BCUT2D eigenvalue weighted by Crippen LogP contribution is -2.43. The van der Waals surface area contributed by atoms with Crippen molar-refractivity contribution in [1.29, 1.82) is 0 Å². The van der Waals surface area contributed by atoms with E-state index in [1.54, 1.807) is 24.3 Å². The molecule has 0 aliphatic heterocycles. The van der Waals surface area contributed by atoms with Crippen molar-refractivity contribution < 1.29 is 23.5 Å². The van der Waals surface area contributed by atoms with Crippen LogP contribution in [0.1, 0.15) is 17.3 Å². The van der Waals surface area contributed by atoms with Crippen molar-refractivity contribution in [2.75, 3.05) is 13.2 Å². The van der Waals surface area contributed by atoms with Gasteiger partial charge in [-0.05, 0) is 37.3 Å². The topological polar surface area (TPSA) is 76.7 Å². The van der Waals surface area contributed by atoms with E-state index in [0.29, 0.717) is 18.1 Å². The summed E-state index contributed by atoms with van der Waals surface area (Å²) < 4.78 is 23.8. The highest BCUT2D eigenvalue weighted by Crippen LogP contribution is 2.26. The highest BCUT2D eigenvalue weighted by molar-refractivity contribution is 5.95. The van der Waals surface area contributed by atoms with Crippen molar-refractivity contribution in [3.05, 3.63) is 59.9 Å². The maximum absolute atomic E-state index is 13.0. The Bertz CT molecular complexity index is 721. The molecule has 0 fully saturated rings. The van der Waals surface area contributed by atoms with Crippen LogP contribution in [0, 0.1) is 5.82 Å². The summed E-state index contributed by atoms with van der Waals surface area (Å²) in [6.07, 6.45) is 0. The van der Waals surface area contributed by atoms with Gasteiger partial charge in [-0.1, -0.05) is 18.2 Å². The Morgan fingerprint density at radius 1 is 1.00 bits per heavy atom. The summed E-state index contributed by atoms with van der Waals surface area (Å²) >= 11 is 0. The Hall–Kier alpha value is -3.09. The van der Waals surface area contributed by atoms with E-state index in [4.69, 9.17) is 9.47 Å². The number of hydrogen-bond acceptors (Lipinski definition) is 4. The highest BCUT2D eigenvalue weighted by Gasteiger charge is 2.10. The molecule has 0 saturated heterocycles. The van der Waals surface area contributed by atoms with Crippen molar-refractivity contribution in [3.8, 4) is 11.5 Å². The molecule has 2 aromatic rings. The van der Waals surface area contributed by atoms with E-state index in [9.17, 15) is 14.0 Å². The van der Waals surface area contributed by atoms with Crippen LogP contribution in [-0.4, -0.2) is 25.0 Å². The van der Waals surface area contributed by atoms with E-state index in [1.807, 2.05) is 6.92 Å². The summed E-state index contributed by atoms with van der Waals surface area (Å²) in [4.78, 5) is 23.5. The monoisotopic (exact) mass is 332 g/mol. The molecule has 0 spiro atoms. The number of hydrogen-bond donors (Lipinski definition) is 2. The molecule has 0 bridgehead atoms. The molecule has 0 aliphatic carbocycles. The largest absolute Gasteiger partial charge is 0.490 e. The molecular weight excluding hydrogens is 315 g/mol. The first-order valence-electron chi connectivity index (χ1n) is 7.29. The number of ether oxygens (including phenoxy) is 2. The van der Waals surface area contributed by atoms with Crippen LogP contribution in [0.3, 0.4) is 0 Å². The summed E-state index contributed by atoms with van der Waals surface area (Å²) in [6, 6.07) is 12.1. The van der Waals surface area contributed by atoms with Crippen LogP contribution in [-0.2, 0) is 4.79 Å². The fourth-order valence-electron chi connectivity index (χ4n) is 1.85. The maximum Gasteiger partial charge on any atom is 0.276 e. The lowest BCUT2D eigenvalue weighted by Gasteiger charge is -2.12. The Morgan fingerprint density at radius 2 is 1.71 bits per heavy atom. The second kappa shape index (κ2) is 8.52. The average molecular weight is 332 g/mol. The minimum atomic E-state index is -0.627. The summed E-state index contributed by atoms with van der Waals surface area (Å²) in [5.41, 5.74) is 4.48. The quantitative estimate of drug-likeness (QED) is 0.794. The van der Waals surface area contributed by atoms with Crippen LogP contribution >= 0.6 is 0 Å². The number of carbonyl (C=O) groups is 2. The predicted octanol–water partition coefficient (Wildman–Crippen LogP) is 2.06. The third-order valence-corrected chi connectivity index (χ3v) is 2.91. The number of halogens is 1. The van der Waals surface area contributed by atoms with Gasteiger partial charge in [-0.25, -0.2) is 4.39 Å². The van der Waals surface area contributed by atoms with E-state index in [2.05, 4.69) is 10.9 Å². The fraction of sp³-hybridized carbons (Fsp3) is 0.176. The number of hydrazine groups is 1. The standard InChI is InChI=1S/C17H17FN2O4/c1-2-23-14-8-3-4-9-15(14)24-11-16(21)19-20-17(22)12-6-5-7-13(18)10-12/h3-10H,2,11H2,1H3,(H,19,21)(H,20,22). The maximum atomic E-state index is 13.0. The van der Waals surface area contributed by atoms with E-state index >= 15 is 0 Å². The predicted molar refractivity (Wildman–Crippen MR) is 85.1 cm³/mol. The van der Waals surface area contributed by atoms with Gasteiger partial charge >= 0.3 is 0 Å². The van der Waals surface area contributed by atoms with Crippen molar-refractivity contribution in [2.45, 2.75) is 6.92 Å². The minimum Gasteiger partial charge on any atom is -0.490 e. The third-order valence-electron chi connectivity index (χ3n) is 2.91. The molecule has 0 unspecified atom stereocenters. The molecule has 0 aliphatic rings. The molecule has 24 heavy (non-hydrogen) atoms. The molecule has 0 atom stereocenters. The molecule has 7 heteroatoms. The number of rotatable bonds is 6. The van der Waals surface area contributed by atoms with Gasteiger partial charge in [0.25, 0.3) is 11.8 Å². The number of carbonyl (C=O) groups excluding carboxylic acids is 2. The molecule has 126 valence electrons. The van der Waals surface area contributed by atoms with Gasteiger partial charge in [0.1, 0.15) is 5.82 Å². The fourth-order valence-corrected chi connectivity index (χ4v) is 1.85. The molecule has 2 aromatic carbocycles. The van der Waals surface area contributed by atoms with Gasteiger partial charge in [0.15, 0.2) is 18.1 Å². The number of nitrogens with one attached hydrogen (secondary N) is 2. The Kier molecular flexibility index (Phi) is 6.13. The van der Waals surface area contributed by atoms with E-state index in [1.165, 1.54) is 18.2 Å². The van der Waals surface area contributed by atoms with Gasteiger partial charge in [0.2, 0.25) is 0 Å². The van der Waals surface area contributed by atoms with Crippen LogP contribution in [0.25, 0.3) is 0 Å². The third kappa shape index (κ3) is 4.98. The highest BCUT2D eigenvalue weighted by atomic mass is 19.1. The summed E-state index contributed by atoms with van der Waals surface area (Å²) in [6.45, 7) is 2.00. The van der Waals surface area contributed by atoms with Crippen molar-refractivity contribution >= 4 is 11.8 Å². The van der Waals surface area contributed by atoms with E-state index in [-0.39, 0.29) is 12.2 Å². The SMILES string of the molecule is CCOc1ccccc1OCC(=O)NNC(=O)c1cccc(F)c1. The van der Waals surface area contributed by atoms with Crippen LogP contribution in [0.15, 0.2) is 48.5 Å². The smallest absolute Gasteiger partial charge is 0.276 e. The Balaban J connectivity index is 1.83. The van der Waals surface area contributed by atoms with Crippen LogP contribution < -0.4 is 20.3 Å². The van der Waals surface area contributed by atoms with Gasteiger partial charge < -0.3 is 9.47 Å². The molecule has 0 saturated carbocycles. The molecule has 2 rings (SSSR count). The first kappa shape index (κ1) is 17.3. The van der Waals surface area contributed by atoms with Crippen molar-refractivity contribution in [1.82, 2.24) is 10.9 Å². The van der Waals surface area contributed by atoms with Gasteiger partial charge in [0, 0.05) is 5.56 Å². The zero-order chi connectivity index (χ0) is 17.4. The van der Waals surface area contributed by atoms with E-state index < -0.39 is 17.6 Å². The molecule has 0 radical (unpaired) electrons. The lowest BCUT2D eigenvalue weighted by molar-refractivity contribution is -0.123. The molecule has 2 amide bonds. The van der Waals surface area contributed by atoms with Crippen molar-refractivity contribution in [2.24, 2.45) is 0 Å². The van der Waals surface area contributed by atoms with Crippen LogP contribution in [0.5, 0.6) is 11.5 Å². The zero-order valence-corrected chi connectivity index (χ0v) is 13.0. The number of benzene rings is 2. The summed E-state index contributed by atoms with van der Waals surface area (Å²) in [5, 5.41) is 0. The summed E-state index contributed by atoms with van der Waals surface area (Å²) in [5.74, 6) is -0.781. The first-order valence-corrected chi connectivity index (χ1v) is 7.29. The molecule has 0 heterocycles. The van der Waals surface area contributed by atoms with Crippen molar-refractivity contribution in [3.63, 3.8) is 0 Å². The Labute approximate surface area is 138 Å². The number of para-hydroxylation sites is 2. The van der Waals surface area contributed by atoms with Gasteiger partial charge in [-0.3, -0.25) is 20.4 Å². The number of amides is 2. The average Bonchev–Trinajstić information content (AvgIpc) is 2.59. The second-order valence-electron chi connectivity index (χ2n) is 4.68.